The number of aromatic nitrogens is 2. The molecule has 1 unspecified atom stereocenters. The number of halogens is 2. The van der Waals surface area contributed by atoms with Crippen LogP contribution in [0.5, 0.6) is 0 Å². The van der Waals surface area contributed by atoms with E-state index in [0.29, 0.717) is 51.1 Å². The first-order valence-corrected chi connectivity index (χ1v) is 22.8. The van der Waals surface area contributed by atoms with Crippen molar-refractivity contribution in [1.29, 1.82) is 0 Å². The van der Waals surface area contributed by atoms with Crippen LogP contribution in [-0.4, -0.2) is 113 Å². The molecule has 2 saturated heterocycles. The van der Waals surface area contributed by atoms with Gasteiger partial charge in [-0.15, -0.1) is 0 Å². The van der Waals surface area contributed by atoms with Crippen molar-refractivity contribution in [3.63, 3.8) is 0 Å². The number of rotatable bonds is 16. The first-order chi connectivity index (χ1) is 31.6. The standard InChI is InChI=1S/C50H61F2N7O7/c1-9-39(61)57-21-17-31(26-57)48(63)56(7)44(29(3)4)47(62)55-37(49(64)59-20-12-11-19-54-59)24-32-22-33(51)25-35(42(32)52)30-15-16-38-36(23-30)40-41(50(5,6)27-66-28-60)46(65-8)43-34(14-13-18-53-43)45(40)58(38)10-2/h9,13-16,18,22-23,25,28-29,31,37,41,44,46,54H,1,10-12,17,19-21,24,26-27H2,2-8H3,(H,55,62)/t31-,37-,41?,44-,46-/m0/s1. The molecular weight excluding hydrogens is 849 g/mol. The van der Waals surface area contributed by atoms with E-state index in [0.717, 1.165) is 52.0 Å². The van der Waals surface area contributed by atoms with Crippen LogP contribution in [0.1, 0.15) is 82.7 Å². The fourth-order valence-corrected chi connectivity index (χ4v) is 10.4. The first-order valence-electron chi connectivity index (χ1n) is 22.8. The molecule has 3 aliphatic rings. The Labute approximate surface area is 384 Å². The number of aryl methyl sites for hydroxylation is 1. The highest BCUT2D eigenvalue weighted by Crippen LogP contribution is 2.57. The molecule has 4 heterocycles. The van der Waals surface area contributed by atoms with Crippen molar-refractivity contribution in [3.8, 4) is 22.4 Å². The van der Waals surface area contributed by atoms with Gasteiger partial charge in [0.05, 0.1) is 23.9 Å². The van der Waals surface area contributed by atoms with E-state index in [2.05, 4.69) is 21.9 Å². The molecule has 14 nitrogen and oxygen atoms in total. The van der Waals surface area contributed by atoms with E-state index in [4.69, 9.17) is 14.5 Å². The van der Waals surface area contributed by atoms with E-state index < -0.39 is 64.8 Å². The van der Waals surface area contributed by atoms with Gasteiger partial charge in [-0.05, 0) is 91.3 Å². The maximum absolute atomic E-state index is 17.3. The monoisotopic (exact) mass is 909 g/mol. The van der Waals surface area contributed by atoms with E-state index >= 15 is 8.78 Å². The van der Waals surface area contributed by atoms with Gasteiger partial charge >= 0.3 is 0 Å². The Kier molecular flexibility index (Phi) is 14.4. The van der Waals surface area contributed by atoms with Crippen molar-refractivity contribution in [2.24, 2.45) is 17.3 Å². The highest BCUT2D eigenvalue weighted by molar-refractivity contribution is 5.97. The average molecular weight is 910 g/mol. The second-order valence-electron chi connectivity index (χ2n) is 18.6. The molecule has 0 bridgehead atoms. The van der Waals surface area contributed by atoms with Crippen molar-refractivity contribution < 1.29 is 42.2 Å². The van der Waals surface area contributed by atoms with E-state index in [-0.39, 0.29) is 42.5 Å². The molecule has 2 fully saturated rings. The van der Waals surface area contributed by atoms with Gasteiger partial charge in [0.1, 0.15) is 29.8 Å². The van der Waals surface area contributed by atoms with E-state index in [1.54, 1.807) is 38.1 Å². The van der Waals surface area contributed by atoms with Crippen molar-refractivity contribution in [2.75, 3.05) is 46.9 Å². The van der Waals surface area contributed by atoms with Gasteiger partial charge in [0, 0.05) is 92.9 Å². The average Bonchev–Trinajstić information content (AvgIpc) is 3.94. The molecule has 2 aliphatic heterocycles. The van der Waals surface area contributed by atoms with Gasteiger partial charge in [-0.25, -0.2) is 14.2 Å². The number of ether oxygens (including phenoxy) is 2. The zero-order valence-corrected chi connectivity index (χ0v) is 38.9. The first kappa shape index (κ1) is 47.9. The molecule has 4 amide bonds. The number of likely N-dealkylation sites (tertiary alicyclic amines) is 1. The van der Waals surface area contributed by atoms with Crippen LogP contribution in [-0.2, 0) is 46.4 Å². The Morgan fingerprint density at radius 2 is 1.86 bits per heavy atom. The number of fused-ring (bicyclic) bond motifs is 5. The number of pyridine rings is 1. The Balaban J connectivity index is 1.27. The third-order valence-electron chi connectivity index (χ3n) is 13.5. The van der Waals surface area contributed by atoms with Gasteiger partial charge in [-0.1, -0.05) is 40.3 Å². The van der Waals surface area contributed by atoms with Crippen LogP contribution in [0.3, 0.4) is 0 Å². The number of hydrogen-bond donors (Lipinski definition) is 2. The molecule has 0 saturated carbocycles. The number of hydrazine groups is 1. The zero-order valence-electron chi connectivity index (χ0n) is 38.9. The van der Waals surface area contributed by atoms with E-state index in [1.165, 1.54) is 23.0 Å². The largest absolute Gasteiger partial charge is 0.467 e. The maximum atomic E-state index is 17.3. The molecule has 16 heteroatoms. The maximum Gasteiger partial charge on any atom is 0.293 e. The van der Waals surface area contributed by atoms with Gasteiger partial charge < -0.3 is 29.2 Å². The Hall–Kier alpha value is -6.00. The highest BCUT2D eigenvalue weighted by Gasteiger charge is 2.47. The minimum absolute atomic E-state index is 0.0364. The lowest BCUT2D eigenvalue weighted by Gasteiger charge is -2.42. The molecule has 7 rings (SSSR count). The summed E-state index contributed by atoms with van der Waals surface area (Å²) in [6, 6.07) is 9.16. The van der Waals surface area contributed by atoms with E-state index in [1.807, 2.05) is 45.0 Å². The molecule has 352 valence electrons. The summed E-state index contributed by atoms with van der Waals surface area (Å²) in [5.41, 5.74) is 6.91. The van der Waals surface area contributed by atoms with Crippen LogP contribution in [0.2, 0.25) is 0 Å². The second-order valence-corrected chi connectivity index (χ2v) is 18.6. The summed E-state index contributed by atoms with van der Waals surface area (Å²) < 4.78 is 47.0. The number of carbonyl (C=O) groups excluding carboxylic acids is 5. The molecule has 2 aromatic heterocycles. The number of nitrogens with zero attached hydrogens (tertiary/aromatic N) is 5. The van der Waals surface area contributed by atoms with Crippen LogP contribution in [0.25, 0.3) is 33.3 Å². The molecule has 4 aromatic rings. The molecule has 66 heavy (non-hydrogen) atoms. The van der Waals surface area contributed by atoms with Crippen molar-refractivity contribution in [2.45, 2.75) is 91.0 Å². The van der Waals surface area contributed by atoms with Gasteiger partial charge in [0.25, 0.3) is 12.4 Å². The summed E-state index contributed by atoms with van der Waals surface area (Å²) in [7, 11) is 3.15. The Morgan fingerprint density at radius 3 is 2.53 bits per heavy atom. The molecule has 5 atom stereocenters. The van der Waals surface area contributed by atoms with Gasteiger partial charge in [-0.2, -0.15) is 0 Å². The van der Waals surface area contributed by atoms with Gasteiger partial charge in [0.15, 0.2) is 0 Å². The predicted octanol–water partition coefficient (Wildman–Crippen LogP) is 6.32. The fraction of sp³-hybridized carbons (Fsp3) is 0.480. The summed E-state index contributed by atoms with van der Waals surface area (Å²) in [5.74, 6) is -4.56. The molecule has 2 N–H and O–H groups in total. The number of carbonyl (C=O) groups is 5. The number of benzene rings is 2. The quantitative estimate of drug-likeness (QED) is 0.0971. The minimum atomic E-state index is -1.34. The number of nitrogens with one attached hydrogen (secondary N) is 2. The fourth-order valence-electron chi connectivity index (χ4n) is 10.4. The third-order valence-corrected chi connectivity index (χ3v) is 13.5. The van der Waals surface area contributed by atoms with Crippen LogP contribution in [0, 0.1) is 28.9 Å². The van der Waals surface area contributed by atoms with Crippen molar-refractivity contribution in [1.82, 2.24) is 35.1 Å². The number of hydrogen-bond acceptors (Lipinski definition) is 9. The zero-order chi connectivity index (χ0) is 47.6. The summed E-state index contributed by atoms with van der Waals surface area (Å²) in [6.45, 7) is 15.7. The van der Waals surface area contributed by atoms with Crippen LogP contribution < -0.4 is 10.7 Å². The van der Waals surface area contributed by atoms with Crippen LogP contribution in [0.4, 0.5) is 8.78 Å². The highest BCUT2D eigenvalue weighted by atomic mass is 19.1. The number of amides is 4. The van der Waals surface area contributed by atoms with Crippen molar-refractivity contribution in [3.05, 3.63) is 89.8 Å². The normalized spacial score (nSPS) is 19.2. The molecule has 1 aliphatic carbocycles. The lowest BCUT2D eigenvalue weighted by Crippen LogP contribution is -2.59. The summed E-state index contributed by atoms with van der Waals surface area (Å²) in [6.07, 6.45) is 3.96. The second kappa shape index (κ2) is 19.8. The molecular formula is C50H61F2N7O7. The SMILES string of the molecule is C=CC(=O)N1CC[C@H](C(=O)N(C)[C@H](C(=O)N[C@@H](Cc2cc(F)cc(-c3ccc4c(c3)c3c(n4CC)-c4cccnc4[C@@H](OC)C3C(C)(C)COC=O)c2F)C(=O)N2CCCCN2)C(C)C)C1. The van der Waals surface area contributed by atoms with Gasteiger partial charge in [0.2, 0.25) is 17.7 Å². The third kappa shape index (κ3) is 9.09. The lowest BCUT2D eigenvalue weighted by molar-refractivity contribution is -0.145. The molecule has 0 spiro atoms. The van der Waals surface area contributed by atoms with E-state index in [9.17, 15) is 24.0 Å². The molecule has 2 aromatic carbocycles. The topological polar surface area (TPSA) is 155 Å². The smallest absolute Gasteiger partial charge is 0.293 e. The number of likely N-dealkylation sites (N-methyl/N-ethyl adjacent to an activating group) is 1. The summed E-state index contributed by atoms with van der Waals surface area (Å²) in [5, 5.41) is 5.04. The Bertz CT molecular complexity index is 2520. The van der Waals surface area contributed by atoms with Crippen molar-refractivity contribution >= 4 is 41.0 Å². The predicted molar refractivity (Wildman–Crippen MR) is 245 cm³/mol. The van der Waals surface area contributed by atoms with Crippen LogP contribution in [0.15, 0.2) is 61.3 Å². The van der Waals surface area contributed by atoms with Crippen LogP contribution >= 0.6 is 0 Å². The van der Waals surface area contributed by atoms with Gasteiger partial charge in [-0.3, -0.25) is 34.0 Å². The number of methoxy groups -OCH3 is 1. The minimum Gasteiger partial charge on any atom is -0.467 e. The summed E-state index contributed by atoms with van der Waals surface area (Å²) >= 11 is 0. The Morgan fingerprint density at radius 1 is 1.09 bits per heavy atom. The lowest BCUT2D eigenvalue weighted by atomic mass is 9.67. The molecule has 0 radical (unpaired) electrons. The summed E-state index contributed by atoms with van der Waals surface area (Å²) in [4.78, 5) is 73.9.